The second-order valence-electron chi connectivity index (χ2n) is 4.91. The van der Waals surface area contributed by atoms with Gasteiger partial charge in [0.05, 0.1) is 0 Å². The first-order valence-corrected chi connectivity index (χ1v) is 7.21. The van der Waals surface area contributed by atoms with Crippen molar-refractivity contribution in [1.82, 2.24) is 5.32 Å². The summed E-state index contributed by atoms with van der Waals surface area (Å²) < 4.78 is 0. The molecule has 100 valence electrons. The lowest BCUT2D eigenvalue weighted by atomic mass is 9.99. The highest BCUT2D eigenvalue weighted by Crippen LogP contribution is 2.24. The smallest absolute Gasteiger partial charge is 0.0323 e. The second kappa shape index (κ2) is 7.10. The van der Waals surface area contributed by atoms with Crippen molar-refractivity contribution in [2.75, 3.05) is 0 Å². The van der Waals surface area contributed by atoms with Crippen molar-refractivity contribution in [1.29, 1.82) is 0 Å². The summed E-state index contributed by atoms with van der Waals surface area (Å²) >= 11 is 0. The molecule has 19 heavy (non-hydrogen) atoms. The molecule has 0 heterocycles. The topological polar surface area (TPSA) is 12.0 Å². The number of rotatable bonds is 6. The van der Waals surface area contributed by atoms with Crippen LogP contribution < -0.4 is 5.32 Å². The van der Waals surface area contributed by atoms with E-state index in [2.05, 4.69) is 79.8 Å². The highest BCUT2D eigenvalue weighted by Gasteiger charge is 2.15. The Morgan fingerprint density at radius 3 is 1.37 bits per heavy atom. The van der Waals surface area contributed by atoms with Crippen LogP contribution in [0.1, 0.15) is 49.9 Å². The summed E-state index contributed by atoms with van der Waals surface area (Å²) in [5.41, 5.74) is 2.75. The molecule has 1 nitrogen and oxygen atoms in total. The molecular formula is C18H23N. The molecule has 0 unspecified atom stereocenters. The molecular weight excluding hydrogens is 230 g/mol. The van der Waals surface area contributed by atoms with Gasteiger partial charge in [-0.15, -0.1) is 0 Å². The molecule has 2 rings (SSSR count). The van der Waals surface area contributed by atoms with Gasteiger partial charge in [0.2, 0.25) is 0 Å². The molecule has 0 spiro atoms. The van der Waals surface area contributed by atoms with Crippen molar-refractivity contribution >= 4 is 0 Å². The Labute approximate surface area is 116 Å². The van der Waals surface area contributed by atoms with E-state index in [0.29, 0.717) is 12.1 Å². The van der Waals surface area contributed by atoms with E-state index in [1.54, 1.807) is 0 Å². The van der Waals surface area contributed by atoms with E-state index >= 15 is 0 Å². The Hall–Kier alpha value is -1.60. The van der Waals surface area contributed by atoms with E-state index in [0.717, 1.165) is 12.8 Å². The SMILES string of the molecule is CC[C@H](N[C@@H](CC)c1ccccc1)c1ccccc1. The number of hydrogen-bond acceptors (Lipinski definition) is 1. The van der Waals surface area contributed by atoms with Gasteiger partial charge in [-0.05, 0) is 24.0 Å². The fourth-order valence-electron chi connectivity index (χ4n) is 2.51. The van der Waals surface area contributed by atoms with Gasteiger partial charge in [-0.3, -0.25) is 0 Å². The van der Waals surface area contributed by atoms with E-state index < -0.39 is 0 Å². The Morgan fingerprint density at radius 1 is 0.684 bits per heavy atom. The van der Waals surface area contributed by atoms with Crippen molar-refractivity contribution in [2.24, 2.45) is 0 Å². The molecule has 0 aliphatic rings. The summed E-state index contributed by atoms with van der Waals surface area (Å²) in [4.78, 5) is 0. The first-order chi connectivity index (χ1) is 9.35. The van der Waals surface area contributed by atoms with Gasteiger partial charge < -0.3 is 5.32 Å². The van der Waals surface area contributed by atoms with E-state index in [9.17, 15) is 0 Å². The number of nitrogens with one attached hydrogen (secondary N) is 1. The van der Waals surface area contributed by atoms with Gasteiger partial charge in [0.25, 0.3) is 0 Å². The predicted molar refractivity (Wildman–Crippen MR) is 82.1 cm³/mol. The number of benzene rings is 2. The molecule has 0 saturated heterocycles. The van der Waals surface area contributed by atoms with Crippen molar-refractivity contribution in [2.45, 2.75) is 38.8 Å². The van der Waals surface area contributed by atoms with Crippen molar-refractivity contribution < 1.29 is 0 Å². The standard InChI is InChI=1S/C18H23N/c1-3-17(15-11-7-5-8-12-15)19-18(4-2)16-13-9-6-10-14-16/h5-14,17-19H,3-4H2,1-2H3/t17-,18-/m0/s1. The van der Waals surface area contributed by atoms with Gasteiger partial charge in [0.15, 0.2) is 0 Å². The summed E-state index contributed by atoms with van der Waals surface area (Å²) in [6, 6.07) is 22.3. The summed E-state index contributed by atoms with van der Waals surface area (Å²) in [6.45, 7) is 4.48. The molecule has 2 aromatic carbocycles. The van der Waals surface area contributed by atoms with Crippen LogP contribution in [0, 0.1) is 0 Å². The molecule has 1 heteroatoms. The molecule has 0 aromatic heterocycles. The van der Waals surface area contributed by atoms with Gasteiger partial charge in [-0.2, -0.15) is 0 Å². The van der Waals surface area contributed by atoms with Crippen molar-refractivity contribution in [3.63, 3.8) is 0 Å². The molecule has 0 aliphatic heterocycles. The van der Waals surface area contributed by atoms with Crippen LogP contribution >= 0.6 is 0 Å². The zero-order valence-electron chi connectivity index (χ0n) is 11.8. The molecule has 2 atom stereocenters. The normalized spacial score (nSPS) is 14.0. The second-order valence-corrected chi connectivity index (χ2v) is 4.91. The lowest BCUT2D eigenvalue weighted by Gasteiger charge is -2.25. The maximum absolute atomic E-state index is 3.79. The van der Waals surface area contributed by atoms with Crippen LogP contribution in [0.25, 0.3) is 0 Å². The molecule has 0 radical (unpaired) electrons. The fraction of sp³-hybridized carbons (Fsp3) is 0.333. The molecule has 0 bridgehead atoms. The van der Waals surface area contributed by atoms with Crippen LogP contribution in [-0.2, 0) is 0 Å². The van der Waals surface area contributed by atoms with Crippen molar-refractivity contribution in [3.8, 4) is 0 Å². The van der Waals surface area contributed by atoms with Crippen LogP contribution in [0.4, 0.5) is 0 Å². The first kappa shape index (κ1) is 13.8. The molecule has 0 aliphatic carbocycles. The van der Waals surface area contributed by atoms with Crippen molar-refractivity contribution in [3.05, 3.63) is 71.8 Å². The van der Waals surface area contributed by atoms with E-state index in [-0.39, 0.29) is 0 Å². The summed E-state index contributed by atoms with van der Waals surface area (Å²) in [5, 5.41) is 3.79. The minimum Gasteiger partial charge on any atom is -0.303 e. The summed E-state index contributed by atoms with van der Waals surface area (Å²) in [6.07, 6.45) is 2.21. The Kier molecular flexibility index (Phi) is 5.17. The van der Waals surface area contributed by atoms with E-state index in [1.807, 2.05) is 0 Å². The Bertz CT molecular complexity index is 418. The highest BCUT2D eigenvalue weighted by atomic mass is 14.9. The molecule has 2 aromatic rings. The van der Waals surface area contributed by atoms with Gasteiger partial charge >= 0.3 is 0 Å². The monoisotopic (exact) mass is 253 g/mol. The van der Waals surface area contributed by atoms with Gasteiger partial charge in [0, 0.05) is 12.1 Å². The minimum absolute atomic E-state index is 0.423. The Balaban J connectivity index is 2.13. The van der Waals surface area contributed by atoms with Crippen LogP contribution in [-0.4, -0.2) is 0 Å². The summed E-state index contributed by atoms with van der Waals surface area (Å²) in [7, 11) is 0. The highest BCUT2D eigenvalue weighted by molar-refractivity contribution is 5.22. The third-order valence-electron chi connectivity index (χ3n) is 3.62. The van der Waals surface area contributed by atoms with Gasteiger partial charge in [-0.1, -0.05) is 74.5 Å². The maximum atomic E-state index is 3.79. The third-order valence-corrected chi connectivity index (χ3v) is 3.62. The largest absolute Gasteiger partial charge is 0.303 e. The van der Waals surface area contributed by atoms with Gasteiger partial charge in [0.1, 0.15) is 0 Å². The third kappa shape index (κ3) is 3.68. The maximum Gasteiger partial charge on any atom is 0.0323 e. The van der Waals surface area contributed by atoms with Crippen LogP contribution in [0.3, 0.4) is 0 Å². The zero-order valence-corrected chi connectivity index (χ0v) is 11.8. The van der Waals surface area contributed by atoms with Crippen LogP contribution in [0.2, 0.25) is 0 Å². The van der Waals surface area contributed by atoms with E-state index in [4.69, 9.17) is 0 Å². The summed E-state index contributed by atoms with van der Waals surface area (Å²) in [5.74, 6) is 0. The zero-order chi connectivity index (χ0) is 13.5. The minimum atomic E-state index is 0.423. The van der Waals surface area contributed by atoms with Crippen LogP contribution in [0.5, 0.6) is 0 Å². The molecule has 0 saturated carbocycles. The average molecular weight is 253 g/mol. The predicted octanol–water partition coefficient (Wildman–Crippen LogP) is 4.88. The lowest BCUT2D eigenvalue weighted by molar-refractivity contribution is 0.426. The first-order valence-electron chi connectivity index (χ1n) is 7.21. The lowest BCUT2D eigenvalue weighted by Crippen LogP contribution is -2.25. The average Bonchev–Trinajstić information content (AvgIpc) is 2.50. The van der Waals surface area contributed by atoms with Gasteiger partial charge in [-0.25, -0.2) is 0 Å². The molecule has 1 N–H and O–H groups in total. The van der Waals surface area contributed by atoms with E-state index in [1.165, 1.54) is 11.1 Å². The Morgan fingerprint density at radius 2 is 1.05 bits per heavy atom. The molecule has 0 amide bonds. The molecule has 0 fully saturated rings. The van der Waals surface area contributed by atoms with Crippen LogP contribution in [0.15, 0.2) is 60.7 Å². The fourth-order valence-corrected chi connectivity index (χ4v) is 2.51. The number of hydrogen-bond donors (Lipinski definition) is 1. The quantitative estimate of drug-likeness (QED) is 0.773.